The van der Waals surface area contributed by atoms with Gasteiger partial charge in [0.1, 0.15) is 5.76 Å². The Hall–Kier alpha value is -4.94. The first-order valence-electron chi connectivity index (χ1n) is 12.3. The molecule has 1 saturated heterocycles. The van der Waals surface area contributed by atoms with Crippen molar-refractivity contribution < 1.29 is 19.6 Å². The number of Topliss-reactive ketones (excluding diaryl/α,β-unsaturated/α-hetero) is 1. The van der Waals surface area contributed by atoms with E-state index >= 15 is 0 Å². The lowest BCUT2D eigenvalue weighted by atomic mass is 9.95. The minimum atomic E-state index is -1.16. The van der Waals surface area contributed by atoms with Gasteiger partial charge in [-0.1, -0.05) is 77.7 Å². The Kier molecular flexibility index (Phi) is 7.00. The van der Waals surface area contributed by atoms with E-state index in [4.69, 9.17) is 0 Å². The van der Waals surface area contributed by atoms with Crippen LogP contribution in [0.25, 0.3) is 16.5 Å². The predicted molar refractivity (Wildman–Crippen MR) is 156 cm³/mol. The number of carbonyl (C=O) groups excluding carboxylic acids is 2. The number of aromatic nitrogens is 3. The number of pyridine rings is 1. The first kappa shape index (κ1) is 26.3. The minimum Gasteiger partial charge on any atom is -0.507 e. The van der Waals surface area contributed by atoms with Crippen molar-refractivity contribution in [2.45, 2.75) is 16.1 Å². The van der Waals surface area contributed by atoms with E-state index in [1.54, 1.807) is 6.07 Å². The summed E-state index contributed by atoms with van der Waals surface area (Å²) in [5, 5.41) is 33.5. The van der Waals surface area contributed by atoms with Crippen molar-refractivity contribution in [3.05, 3.63) is 124 Å². The average molecular weight is 582 g/mol. The van der Waals surface area contributed by atoms with Gasteiger partial charge in [0.25, 0.3) is 11.5 Å². The summed E-state index contributed by atoms with van der Waals surface area (Å²) in [6.45, 7) is 0. The van der Waals surface area contributed by atoms with Crippen LogP contribution in [0.15, 0.2) is 101 Å². The number of non-ortho nitro benzene ring substituents is 1. The van der Waals surface area contributed by atoms with E-state index in [1.165, 1.54) is 54.5 Å². The number of hydrogen-bond donors (Lipinski definition) is 1. The van der Waals surface area contributed by atoms with Gasteiger partial charge in [0.15, 0.2) is 4.34 Å². The minimum absolute atomic E-state index is 0.137. The summed E-state index contributed by atoms with van der Waals surface area (Å²) in [7, 11) is 0. The number of fused-ring (bicyclic) bond motifs is 1. The van der Waals surface area contributed by atoms with Crippen molar-refractivity contribution >= 4 is 62.1 Å². The van der Waals surface area contributed by atoms with Crippen LogP contribution >= 0.6 is 23.1 Å². The van der Waals surface area contributed by atoms with E-state index in [0.29, 0.717) is 10.1 Å². The van der Waals surface area contributed by atoms with Crippen LogP contribution in [0.2, 0.25) is 0 Å². The molecule has 0 spiro atoms. The fourth-order valence-electron chi connectivity index (χ4n) is 4.73. The van der Waals surface area contributed by atoms with Gasteiger partial charge < -0.3 is 5.11 Å². The monoisotopic (exact) mass is 581 g/mol. The number of amides is 1. The van der Waals surface area contributed by atoms with Gasteiger partial charge in [-0.3, -0.25) is 29.6 Å². The average Bonchev–Trinajstić information content (AvgIpc) is 3.58. The molecular formula is C29H19N5O5S2. The molecule has 1 fully saturated rings. The van der Waals surface area contributed by atoms with Gasteiger partial charge in [-0.05, 0) is 34.0 Å². The van der Waals surface area contributed by atoms with Gasteiger partial charge in [0.05, 0.1) is 16.5 Å². The van der Waals surface area contributed by atoms with Crippen LogP contribution in [0.5, 0.6) is 0 Å². The lowest BCUT2D eigenvalue weighted by molar-refractivity contribution is -0.384. The second-order valence-corrected chi connectivity index (χ2v) is 11.2. The van der Waals surface area contributed by atoms with E-state index in [1.807, 2.05) is 36.4 Å². The molecule has 0 saturated carbocycles. The molecule has 12 heteroatoms. The number of nitrogens with zero attached hydrogens (tertiary/aromatic N) is 5. The number of aliphatic hydroxyl groups excluding tert-OH is 1. The second kappa shape index (κ2) is 10.9. The molecule has 6 rings (SSSR count). The molecule has 0 radical (unpaired) electrons. The first-order valence-corrected chi connectivity index (χ1v) is 14.1. The zero-order valence-electron chi connectivity index (χ0n) is 21.1. The Bertz CT molecular complexity index is 1850. The SMILES string of the molecule is O=C1C(=O)N(c2nnc(SCc3cccc4ccccc34)s2)C(c2cccc([N+](=O)[O-])c2)/C1=C(\O)c1ccncc1. The van der Waals surface area contributed by atoms with Crippen molar-refractivity contribution in [1.29, 1.82) is 0 Å². The molecule has 0 bridgehead atoms. The highest BCUT2D eigenvalue weighted by atomic mass is 32.2. The van der Waals surface area contributed by atoms with Crippen LogP contribution in [0.3, 0.4) is 0 Å². The summed E-state index contributed by atoms with van der Waals surface area (Å²) in [6, 6.07) is 21.6. The zero-order valence-corrected chi connectivity index (χ0v) is 22.7. The molecule has 10 nitrogen and oxygen atoms in total. The molecule has 3 aromatic carbocycles. The molecule has 3 heterocycles. The summed E-state index contributed by atoms with van der Waals surface area (Å²) in [5.41, 5.74) is 1.23. The standard InChI is InChI=1S/C29H19N5O5S2/c35-25(18-11-13-30-14-12-18)23-24(19-7-4-9-21(15-19)34(38)39)33(27(37)26(23)36)28-31-32-29(41-28)40-16-20-8-3-6-17-5-1-2-10-22(17)20/h1-15,24,35H,16H2/b25-23+. The maximum absolute atomic E-state index is 13.4. The van der Waals surface area contributed by atoms with Crippen LogP contribution in [-0.2, 0) is 15.3 Å². The molecule has 1 atom stereocenters. The van der Waals surface area contributed by atoms with E-state index < -0.39 is 28.4 Å². The molecule has 1 amide bonds. The van der Waals surface area contributed by atoms with Crippen LogP contribution in [-0.4, -0.2) is 36.9 Å². The van der Waals surface area contributed by atoms with Gasteiger partial charge in [0, 0.05) is 35.8 Å². The molecule has 0 aliphatic carbocycles. The lowest BCUT2D eigenvalue weighted by Gasteiger charge is -2.22. The third kappa shape index (κ3) is 4.94. The van der Waals surface area contributed by atoms with Crippen LogP contribution < -0.4 is 4.90 Å². The van der Waals surface area contributed by atoms with Crippen molar-refractivity contribution in [1.82, 2.24) is 15.2 Å². The van der Waals surface area contributed by atoms with Gasteiger partial charge in [-0.2, -0.15) is 0 Å². The van der Waals surface area contributed by atoms with Gasteiger partial charge in [0.2, 0.25) is 5.13 Å². The summed E-state index contributed by atoms with van der Waals surface area (Å²) in [4.78, 5) is 42.8. The molecular weight excluding hydrogens is 562 g/mol. The Morgan fingerprint density at radius 3 is 2.56 bits per heavy atom. The van der Waals surface area contributed by atoms with Crippen molar-refractivity contribution in [2.75, 3.05) is 4.90 Å². The van der Waals surface area contributed by atoms with E-state index in [0.717, 1.165) is 32.6 Å². The third-order valence-electron chi connectivity index (χ3n) is 6.63. The topological polar surface area (TPSA) is 139 Å². The fourth-order valence-corrected chi connectivity index (χ4v) is 6.61. The number of benzene rings is 3. The first-order chi connectivity index (χ1) is 19.9. The number of thioether (sulfide) groups is 1. The van der Waals surface area contributed by atoms with Crippen molar-refractivity contribution in [3.8, 4) is 0 Å². The largest absolute Gasteiger partial charge is 0.507 e. The molecule has 1 unspecified atom stereocenters. The smallest absolute Gasteiger partial charge is 0.301 e. The van der Waals surface area contributed by atoms with Crippen molar-refractivity contribution in [3.63, 3.8) is 0 Å². The Labute approximate surface area is 241 Å². The lowest BCUT2D eigenvalue weighted by Crippen LogP contribution is -2.29. The quantitative estimate of drug-likeness (QED) is 0.0472. The van der Waals surface area contributed by atoms with E-state index in [9.17, 15) is 24.8 Å². The highest BCUT2D eigenvalue weighted by Crippen LogP contribution is 2.44. The number of carbonyl (C=O) groups is 2. The number of rotatable bonds is 7. The fraction of sp³-hybridized carbons (Fsp3) is 0.0690. The summed E-state index contributed by atoms with van der Waals surface area (Å²) >= 11 is 2.57. The second-order valence-electron chi connectivity index (χ2n) is 9.03. The normalized spacial score (nSPS) is 16.4. The zero-order chi connectivity index (χ0) is 28.5. The van der Waals surface area contributed by atoms with Gasteiger partial charge in [-0.15, -0.1) is 10.2 Å². The molecule has 5 aromatic rings. The highest BCUT2D eigenvalue weighted by Gasteiger charge is 2.48. The highest BCUT2D eigenvalue weighted by molar-refractivity contribution is 8.00. The molecule has 202 valence electrons. The molecule has 1 aliphatic rings. The maximum atomic E-state index is 13.4. The number of aliphatic hydroxyl groups is 1. The van der Waals surface area contributed by atoms with E-state index in [2.05, 4.69) is 21.2 Å². The number of nitro benzene ring substituents is 1. The maximum Gasteiger partial charge on any atom is 0.301 e. The predicted octanol–water partition coefficient (Wildman–Crippen LogP) is 5.91. The number of hydrogen-bond acceptors (Lipinski definition) is 10. The summed E-state index contributed by atoms with van der Waals surface area (Å²) in [5.74, 6) is -1.67. The molecule has 1 N–H and O–H groups in total. The van der Waals surface area contributed by atoms with Crippen LogP contribution in [0.4, 0.5) is 10.8 Å². The molecule has 1 aliphatic heterocycles. The Balaban J connectivity index is 1.39. The number of ketones is 1. The third-order valence-corrected chi connectivity index (χ3v) is 8.73. The summed E-state index contributed by atoms with van der Waals surface area (Å²) in [6.07, 6.45) is 2.88. The Morgan fingerprint density at radius 1 is 1.00 bits per heavy atom. The van der Waals surface area contributed by atoms with E-state index in [-0.39, 0.29) is 27.5 Å². The summed E-state index contributed by atoms with van der Waals surface area (Å²) < 4.78 is 0.571. The molecule has 41 heavy (non-hydrogen) atoms. The number of anilines is 1. The number of nitro groups is 1. The molecule has 2 aromatic heterocycles. The van der Waals surface area contributed by atoms with Crippen molar-refractivity contribution in [2.24, 2.45) is 0 Å². The van der Waals surface area contributed by atoms with Gasteiger partial charge in [-0.25, -0.2) is 0 Å². The van der Waals surface area contributed by atoms with Crippen LogP contribution in [0, 0.1) is 10.1 Å². The van der Waals surface area contributed by atoms with Crippen LogP contribution in [0.1, 0.15) is 22.7 Å². The Morgan fingerprint density at radius 2 is 1.76 bits per heavy atom. The van der Waals surface area contributed by atoms with Gasteiger partial charge >= 0.3 is 5.91 Å².